The number of anilines is 2. The molecule has 0 atom stereocenters. The molecule has 1 aliphatic heterocycles. The van der Waals surface area contributed by atoms with Gasteiger partial charge in [-0.15, -0.1) is 0 Å². The van der Waals surface area contributed by atoms with E-state index in [1.807, 2.05) is 13.0 Å². The molecule has 0 aromatic heterocycles. The molecule has 1 aliphatic rings. The fourth-order valence-electron chi connectivity index (χ4n) is 2.02. The highest BCUT2D eigenvalue weighted by Crippen LogP contribution is 2.20. The molecule has 0 saturated carbocycles. The first-order valence-corrected chi connectivity index (χ1v) is 7.57. The zero-order chi connectivity index (χ0) is 13.2. The number of benzene rings is 1. The van der Waals surface area contributed by atoms with Crippen molar-refractivity contribution in [3.63, 3.8) is 0 Å². The van der Waals surface area contributed by atoms with Crippen molar-refractivity contribution in [3.8, 4) is 0 Å². The third kappa shape index (κ3) is 2.94. The van der Waals surface area contributed by atoms with Gasteiger partial charge in [0.15, 0.2) is 0 Å². The van der Waals surface area contributed by atoms with Gasteiger partial charge in [0.2, 0.25) is 0 Å². The Balaban J connectivity index is 2.13. The van der Waals surface area contributed by atoms with Gasteiger partial charge in [0.05, 0.1) is 5.69 Å². The van der Waals surface area contributed by atoms with Crippen molar-refractivity contribution in [3.05, 3.63) is 23.8 Å². The zero-order valence-corrected chi connectivity index (χ0v) is 11.3. The quantitative estimate of drug-likeness (QED) is 0.820. The molecular formula is C12H19N3O2S. The predicted molar refractivity (Wildman–Crippen MR) is 73.6 cm³/mol. The lowest BCUT2D eigenvalue weighted by molar-refractivity contribution is 0.349. The average molecular weight is 269 g/mol. The number of piperidine rings is 1. The third-order valence-corrected chi connectivity index (χ3v) is 4.72. The van der Waals surface area contributed by atoms with E-state index in [1.165, 1.54) is 4.31 Å². The molecule has 5 nitrogen and oxygen atoms in total. The second kappa shape index (κ2) is 5.16. The van der Waals surface area contributed by atoms with Crippen molar-refractivity contribution in [2.75, 3.05) is 23.5 Å². The lowest BCUT2D eigenvalue weighted by Crippen LogP contribution is -2.39. The molecule has 1 aromatic rings. The zero-order valence-electron chi connectivity index (χ0n) is 10.5. The molecule has 18 heavy (non-hydrogen) atoms. The number of nitrogens with one attached hydrogen (secondary N) is 1. The highest BCUT2D eigenvalue weighted by atomic mass is 32.2. The van der Waals surface area contributed by atoms with Gasteiger partial charge in [0.25, 0.3) is 0 Å². The minimum Gasteiger partial charge on any atom is -0.398 e. The summed E-state index contributed by atoms with van der Waals surface area (Å²) in [4.78, 5) is 0. The van der Waals surface area contributed by atoms with Crippen molar-refractivity contribution in [2.24, 2.45) is 0 Å². The van der Waals surface area contributed by atoms with Crippen molar-refractivity contribution in [2.45, 2.75) is 26.2 Å². The number of aryl methyl sites for hydroxylation is 1. The lowest BCUT2D eigenvalue weighted by Gasteiger charge is -2.26. The molecule has 1 saturated heterocycles. The largest absolute Gasteiger partial charge is 0.398 e. The minimum atomic E-state index is -3.44. The van der Waals surface area contributed by atoms with Crippen molar-refractivity contribution >= 4 is 21.6 Å². The van der Waals surface area contributed by atoms with E-state index in [9.17, 15) is 8.42 Å². The van der Waals surface area contributed by atoms with Crippen LogP contribution in [0, 0.1) is 6.92 Å². The van der Waals surface area contributed by atoms with Crippen molar-refractivity contribution in [1.29, 1.82) is 0 Å². The SMILES string of the molecule is Cc1ccc(NS(=O)(=O)N2CCCCC2)cc1N. The summed E-state index contributed by atoms with van der Waals surface area (Å²) in [5.74, 6) is 0. The Bertz CT molecular complexity index is 522. The van der Waals surface area contributed by atoms with Gasteiger partial charge in [0.1, 0.15) is 0 Å². The Morgan fingerprint density at radius 2 is 1.89 bits per heavy atom. The minimum absolute atomic E-state index is 0.517. The van der Waals surface area contributed by atoms with E-state index in [4.69, 9.17) is 5.73 Å². The second-order valence-corrected chi connectivity index (χ2v) is 6.31. The fraction of sp³-hybridized carbons (Fsp3) is 0.500. The highest BCUT2D eigenvalue weighted by Gasteiger charge is 2.23. The van der Waals surface area contributed by atoms with Crippen LogP contribution in [0.5, 0.6) is 0 Å². The summed E-state index contributed by atoms with van der Waals surface area (Å²) >= 11 is 0. The van der Waals surface area contributed by atoms with E-state index in [2.05, 4.69) is 4.72 Å². The molecule has 0 unspecified atom stereocenters. The molecule has 3 N–H and O–H groups in total. The van der Waals surface area contributed by atoms with E-state index < -0.39 is 10.2 Å². The van der Waals surface area contributed by atoms with Gasteiger partial charge in [0, 0.05) is 18.8 Å². The van der Waals surface area contributed by atoms with Crippen LogP contribution < -0.4 is 10.5 Å². The summed E-state index contributed by atoms with van der Waals surface area (Å²) < 4.78 is 28.3. The van der Waals surface area contributed by atoms with Gasteiger partial charge in [-0.05, 0) is 37.5 Å². The van der Waals surface area contributed by atoms with Crippen LogP contribution in [0.3, 0.4) is 0 Å². The Hall–Kier alpha value is -1.27. The second-order valence-electron chi connectivity index (χ2n) is 4.64. The molecule has 6 heteroatoms. The molecular weight excluding hydrogens is 250 g/mol. The molecule has 100 valence electrons. The normalized spacial score (nSPS) is 17.6. The van der Waals surface area contributed by atoms with Crippen LogP contribution in [0.15, 0.2) is 18.2 Å². The van der Waals surface area contributed by atoms with Gasteiger partial charge >= 0.3 is 10.2 Å². The lowest BCUT2D eigenvalue weighted by atomic mass is 10.2. The predicted octanol–water partition coefficient (Wildman–Crippen LogP) is 1.72. The molecule has 0 bridgehead atoms. The molecule has 1 heterocycles. The monoisotopic (exact) mass is 269 g/mol. The Kier molecular flexibility index (Phi) is 3.77. The van der Waals surface area contributed by atoms with Crippen LogP contribution in [-0.2, 0) is 10.2 Å². The number of nitrogens with two attached hydrogens (primary N) is 1. The van der Waals surface area contributed by atoms with Gasteiger partial charge < -0.3 is 5.73 Å². The Morgan fingerprint density at radius 3 is 2.50 bits per heavy atom. The number of rotatable bonds is 3. The van der Waals surface area contributed by atoms with Crippen molar-refractivity contribution in [1.82, 2.24) is 4.31 Å². The molecule has 0 spiro atoms. The van der Waals surface area contributed by atoms with E-state index in [-0.39, 0.29) is 0 Å². The highest BCUT2D eigenvalue weighted by molar-refractivity contribution is 7.90. The maximum Gasteiger partial charge on any atom is 0.301 e. The van der Waals surface area contributed by atoms with Gasteiger partial charge in [-0.1, -0.05) is 12.5 Å². The van der Waals surface area contributed by atoms with Crippen molar-refractivity contribution < 1.29 is 8.42 Å². The van der Waals surface area contributed by atoms with Gasteiger partial charge in [-0.2, -0.15) is 12.7 Å². The number of hydrogen-bond donors (Lipinski definition) is 2. The molecule has 2 rings (SSSR count). The summed E-state index contributed by atoms with van der Waals surface area (Å²) in [6.07, 6.45) is 2.96. The summed E-state index contributed by atoms with van der Waals surface area (Å²) in [5.41, 5.74) is 7.82. The number of hydrogen-bond acceptors (Lipinski definition) is 3. The Morgan fingerprint density at radius 1 is 1.22 bits per heavy atom. The first kappa shape index (κ1) is 13.2. The topological polar surface area (TPSA) is 75.4 Å². The Labute approximate surface area is 108 Å². The first-order chi connectivity index (χ1) is 8.49. The van der Waals surface area contributed by atoms with Gasteiger partial charge in [-0.25, -0.2) is 0 Å². The standard InChI is InChI=1S/C12H19N3O2S/c1-10-5-6-11(9-12(10)13)14-18(16,17)15-7-3-2-4-8-15/h5-6,9,14H,2-4,7-8,13H2,1H3. The maximum absolute atomic E-state index is 12.1. The molecule has 1 fully saturated rings. The van der Waals surface area contributed by atoms with Crippen LogP contribution in [0.25, 0.3) is 0 Å². The summed E-state index contributed by atoms with van der Waals surface area (Å²) in [7, 11) is -3.44. The van der Waals surface area contributed by atoms with Crippen LogP contribution in [-0.4, -0.2) is 25.8 Å². The summed E-state index contributed by atoms with van der Waals surface area (Å²) in [6, 6.07) is 5.19. The van der Waals surface area contributed by atoms with Crippen LogP contribution in [0.4, 0.5) is 11.4 Å². The summed E-state index contributed by atoms with van der Waals surface area (Å²) in [6.45, 7) is 3.08. The van der Waals surface area contributed by atoms with E-state index >= 15 is 0 Å². The average Bonchev–Trinajstić information content (AvgIpc) is 2.35. The molecule has 1 aromatic carbocycles. The fourth-order valence-corrected chi connectivity index (χ4v) is 3.32. The molecule has 0 radical (unpaired) electrons. The van der Waals surface area contributed by atoms with E-state index in [0.29, 0.717) is 24.5 Å². The van der Waals surface area contributed by atoms with E-state index in [1.54, 1.807) is 12.1 Å². The van der Waals surface area contributed by atoms with Crippen LogP contribution in [0.1, 0.15) is 24.8 Å². The van der Waals surface area contributed by atoms with Gasteiger partial charge in [-0.3, -0.25) is 4.72 Å². The third-order valence-electron chi connectivity index (χ3n) is 3.18. The molecule has 0 amide bonds. The number of nitrogens with zero attached hydrogens (tertiary/aromatic N) is 1. The van der Waals surface area contributed by atoms with E-state index in [0.717, 1.165) is 24.8 Å². The molecule has 0 aliphatic carbocycles. The van der Waals surface area contributed by atoms with Crippen LogP contribution >= 0.6 is 0 Å². The summed E-state index contributed by atoms with van der Waals surface area (Å²) in [5, 5.41) is 0. The number of nitrogen functional groups attached to an aromatic ring is 1. The first-order valence-electron chi connectivity index (χ1n) is 6.13. The van der Waals surface area contributed by atoms with Crippen LogP contribution in [0.2, 0.25) is 0 Å². The maximum atomic E-state index is 12.1. The smallest absolute Gasteiger partial charge is 0.301 e.